The lowest BCUT2D eigenvalue weighted by Crippen LogP contribution is -2.16. The topological polar surface area (TPSA) is 82.2 Å². The summed E-state index contributed by atoms with van der Waals surface area (Å²) in [5.41, 5.74) is 12.0. The molecule has 0 saturated heterocycles. The van der Waals surface area contributed by atoms with Crippen LogP contribution < -0.4 is 11.5 Å². The Morgan fingerprint density at radius 2 is 2.38 bits per heavy atom. The molecule has 0 fully saturated rings. The molecule has 0 aliphatic carbocycles. The first kappa shape index (κ1) is 9.57. The molecule has 1 rings (SSSR count). The maximum absolute atomic E-state index is 5.71. The fourth-order valence-corrected chi connectivity index (χ4v) is 0.944. The fraction of sp³-hybridized carbons (Fsp3) is 0.500. The minimum atomic E-state index is 0.417. The summed E-state index contributed by atoms with van der Waals surface area (Å²) in [7, 11) is 1.82. The molecule has 5 nitrogen and oxygen atoms in total. The molecule has 0 aliphatic heterocycles. The highest BCUT2D eigenvalue weighted by atomic mass is 15.1. The minimum Gasteiger partial charge on any atom is -0.383 e. The summed E-state index contributed by atoms with van der Waals surface area (Å²) in [5, 5.41) is 0. The number of imidazole rings is 1. The van der Waals surface area contributed by atoms with E-state index in [1.807, 2.05) is 14.0 Å². The van der Waals surface area contributed by atoms with Gasteiger partial charge in [-0.3, -0.25) is 4.99 Å². The van der Waals surface area contributed by atoms with Crippen molar-refractivity contribution in [3.05, 3.63) is 12.0 Å². The Bertz CT molecular complexity index is 312. The maximum atomic E-state index is 5.71. The van der Waals surface area contributed by atoms with Gasteiger partial charge in [-0.25, -0.2) is 4.98 Å². The number of nitrogens with zero attached hydrogens (tertiary/aromatic N) is 3. The van der Waals surface area contributed by atoms with Crippen molar-refractivity contribution in [3.8, 4) is 0 Å². The van der Waals surface area contributed by atoms with Gasteiger partial charge in [0, 0.05) is 13.6 Å². The lowest BCUT2D eigenvalue weighted by molar-refractivity contribution is 0.925. The predicted octanol–water partition coefficient (Wildman–Crippen LogP) is 0.118. The van der Waals surface area contributed by atoms with Gasteiger partial charge < -0.3 is 16.0 Å². The van der Waals surface area contributed by atoms with Crippen LogP contribution in [0.4, 0.5) is 5.82 Å². The van der Waals surface area contributed by atoms with Crippen LogP contribution in [0, 0.1) is 0 Å². The summed E-state index contributed by atoms with van der Waals surface area (Å²) in [6.07, 6.45) is 2.59. The molecular weight excluding hydrogens is 166 g/mol. The van der Waals surface area contributed by atoms with Crippen LogP contribution in [0.15, 0.2) is 11.3 Å². The van der Waals surface area contributed by atoms with Gasteiger partial charge in [0.25, 0.3) is 0 Å². The van der Waals surface area contributed by atoms with Crippen LogP contribution >= 0.6 is 0 Å². The largest absolute Gasteiger partial charge is 0.383 e. The third-order valence-corrected chi connectivity index (χ3v) is 1.73. The molecule has 0 atom stereocenters. The van der Waals surface area contributed by atoms with Gasteiger partial charge in [0.1, 0.15) is 17.3 Å². The van der Waals surface area contributed by atoms with E-state index in [1.54, 1.807) is 10.9 Å². The molecule has 1 heterocycles. The standard InChI is InChI=1S/C8H15N5/c1-3-4-11-7(9)6-8(10)13(2)5-12-6/h5H,3-4,10H2,1-2H3,(H2,9,11). The Morgan fingerprint density at radius 3 is 2.85 bits per heavy atom. The zero-order valence-corrected chi connectivity index (χ0v) is 7.99. The molecule has 13 heavy (non-hydrogen) atoms. The van der Waals surface area contributed by atoms with Crippen LogP contribution in [0.1, 0.15) is 19.0 Å². The Morgan fingerprint density at radius 1 is 1.69 bits per heavy atom. The number of hydrogen-bond donors (Lipinski definition) is 2. The van der Waals surface area contributed by atoms with E-state index >= 15 is 0 Å². The molecule has 0 radical (unpaired) electrons. The first-order valence-corrected chi connectivity index (χ1v) is 4.24. The number of aromatic nitrogens is 2. The number of anilines is 1. The van der Waals surface area contributed by atoms with Crippen molar-refractivity contribution in [1.29, 1.82) is 0 Å². The summed E-state index contributed by atoms with van der Waals surface area (Å²) in [5.74, 6) is 0.970. The number of aliphatic imine (C=N–C) groups is 1. The highest BCUT2D eigenvalue weighted by Crippen LogP contribution is 2.06. The highest BCUT2D eigenvalue weighted by molar-refractivity contribution is 5.99. The third kappa shape index (κ3) is 1.99. The number of rotatable bonds is 3. The Balaban J connectivity index is 2.88. The van der Waals surface area contributed by atoms with Crippen molar-refractivity contribution in [2.24, 2.45) is 17.8 Å². The minimum absolute atomic E-state index is 0.417. The molecule has 4 N–H and O–H groups in total. The molecule has 1 aromatic heterocycles. The number of amidine groups is 1. The van der Waals surface area contributed by atoms with E-state index in [1.165, 1.54) is 0 Å². The average Bonchev–Trinajstić information content (AvgIpc) is 2.44. The van der Waals surface area contributed by atoms with Gasteiger partial charge in [0.15, 0.2) is 0 Å². The Kier molecular flexibility index (Phi) is 2.89. The highest BCUT2D eigenvalue weighted by Gasteiger charge is 2.07. The second kappa shape index (κ2) is 3.93. The zero-order chi connectivity index (χ0) is 9.84. The summed E-state index contributed by atoms with van der Waals surface area (Å²) >= 11 is 0. The van der Waals surface area contributed by atoms with E-state index in [2.05, 4.69) is 9.98 Å². The molecule has 0 aromatic carbocycles. The van der Waals surface area contributed by atoms with Crippen molar-refractivity contribution in [3.63, 3.8) is 0 Å². The summed E-state index contributed by atoms with van der Waals surface area (Å²) in [4.78, 5) is 8.18. The van der Waals surface area contributed by atoms with E-state index in [0.717, 1.165) is 6.42 Å². The normalized spacial score (nSPS) is 12.0. The second-order valence-corrected chi connectivity index (χ2v) is 2.86. The van der Waals surface area contributed by atoms with Crippen molar-refractivity contribution in [1.82, 2.24) is 9.55 Å². The van der Waals surface area contributed by atoms with Gasteiger partial charge in [-0.2, -0.15) is 0 Å². The lowest BCUT2D eigenvalue weighted by atomic mass is 10.4. The second-order valence-electron chi connectivity index (χ2n) is 2.86. The van der Waals surface area contributed by atoms with E-state index in [-0.39, 0.29) is 0 Å². The van der Waals surface area contributed by atoms with Gasteiger partial charge in [-0.15, -0.1) is 0 Å². The van der Waals surface area contributed by atoms with Gasteiger partial charge >= 0.3 is 0 Å². The van der Waals surface area contributed by atoms with Crippen LogP contribution in [0.2, 0.25) is 0 Å². The molecule has 0 aliphatic rings. The number of nitrogen functional groups attached to an aromatic ring is 1. The van der Waals surface area contributed by atoms with Crippen molar-refractivity contribution < 1.29 is 0 Å². The number of nitrogens with two attached hydrogens (primary N) is 2. The fourth-order valence-electron chi connectivity index (χ4n) is 0.944. The molecule has 0 unspecified atom stereocenters. The quantitative estimate of drug-likeness (QED) is 0.513. The molecule has 1 aromatic rings. The summed E-state index contributed by atoms with van der Waals surface area (Å²) < 4.78 is 1.71. The number of aryl methyl sites for hydroxylation is 1. The Hall–Kier alpha value is -1.52. The molecule has 0 amide bonds. The van der Waals surface area contributed by atoms with Crippen molar-refractivity contribution >= 4 is 11.7 Å². The van der Waals surface area contributed by atoms with Gasteiger partial charge in [0.05, 0.1) is 6.33 Å². The predicted molar refractivity (Wildman–Crippen MR) is 53.5 cm³/mol. The Labute approximate surface area is 77.5 Å². The van der Waals surface area contributed by atoms with Crippen LogP contribution in [0.3, 0.4) is 0 Å². The molecular formula is C8H15N5. The van der Waals surface area contributed by atoms with E-state index in [4.69, 9.17) is 11.5 Å². The van der Waals surface area contributed by atoms with E-state index in [0.29, 0.717) is 23.9 Å². The van der Waals surface area contributed by atoms with Gasteiger partial charge in [-0.05, 0) is 6.42 Å². The molecule has 0 saturated carbocycles. The number of hydrogen-bond acceptors (Lipinski definition) is 3. The van der Waals surface area contributed by atoms with Gasteiger partial charge in [-0.1, -0.05) is 6.92 Å². The molecule has 72 valence electrons. The van der Waals surface area contributed by atoms with Crippen molar-refractivity contribution in [2.75, 3.05) is 12.3 Å². The first-order valence-electron chi connectivity index (χ1n) is 4.24. The van der Waals surface area contributed by atoms with Crippen LogP contribution in [0.5, 0.6) is 0 Å². The summed E-state index contributed by atoms with van der Waals surface area (Å²) in [6.45, 7) is 2.75. The molecule has 0 spiro atoms. The van der Waals surface area contributed by atoms with Crippen molar-refractivity contribution in [2.45, 2.75) is 13.3 Å². The zero-order valence-electron chi connectivity index (χ0n) is 7.99. The first-order chi connectivity index (χ1) is 6.16. The maximum Gasteiger partial charge on any atom is 0.148 e. The van der Waals surface area contributed by atoms with E-state index < -0.39 is 0 Å². The smallest absolute Gasteiger partial charge is 0.148 e. The molecule has 5 heteroatoms. The van der Waals surface area contributed by atoms with Crippen LogP contribution in [-0.4, -0.2) is 21.9 Å². The SMILES string of the molecule is CCC/N=C(/N)c1ncn(C)c1N. The van der Waals surface area contributed by atoms with Crippen LogP contribution in [0.25, 0.3) is 0 Å². The third-order valence-electron chi connectivity index (χ3n) is 1.73. The summed E-state index contributed by atoms with van der Waals surface area (Å²) in [6, 6.07) is 0. The van der Waals surface area contributed by atoms with E-state index in [9.17, 15) is 0 Å². The lowest BCUT2D eigenvalue weighted by Gasteiger charge is -1.98. The van der Waals surface area contributed by atoms with Gasteiger partial charge in [0.2, 0.25) is 0 Å². The van der Waals surface area contributed by atoms with Crippen LogP contribution in [-0.2, 0) is 7.05 Å². The molecule has 0 bridgehead atoms. The monoisotopic (exact) mass is 181 g/mol. The average molecular weight is 181 g/mol.